The molecule has 0 aliphatic carbocycles. The molecule has 1 aromatic rings. The van der Waals surface area contributed by atoms with Crippen LogP contribution in [0.5, 0.6) is 0 Å². The maximum Gasteiger partial charge on any atom is 0.237 e. The van der Waals surface area contributed by atoms with Gasteiger partial charge in [0, 0.05) is 5.56 Å². The largest absolute Gasteiger partial charge is 0.320 e. The number of hydrogen-bond donors (Lipinski definition) is 2. The summed E-state index contributed by atoms with van der Waals surface area (Å²) in [7, 11) is -3.46. The Kier molecular flexibility index (Phi) is 4.61. The van der Waals surface area contributed by atoms with E-state index in [1.54, 1.807) is 32.9 Å². The summed E-state index contributed by atoms with van der Waals surface area (Å²) in [5, 5.41) is 0. The molecular formula is C14H20N2O2S. The first kappa shape index (κ1) is 15.5. The number of nitrogens with two attached hydrogens (primary N) is 1. The third kappa shape index (κ3) is 3.98. The lowest BCUT2D eigenvalue weighted by molar-refractivity contribution is 0.566. The smallest absolute Gasteiger partial charge is 0.237 e. The fourth-order valence-corrected chi connectivity index (χ4v) is 2.06. The number of anilines is 1. The molecule has 0 heterocycles. The van der Waals surface area contributed by atoms with E-state index < -0.39 is 14.8 Å². The van der Waals surface area contributed by atoms with Crippen molar-refractivity contribution in [3.05, 3.63) is 29.3 Å². The second-order valence-corrected chi connectivity index (χ2v) is 7.71. The molecule has 0 aliphatic heterocycles. The van der Waals surface area contributed by atoms with Gasteiger partial charge in [-0.05, 0) is 45.4 Å². The Bertz CT molecular complexity index is 617. The van der Waals surface area contributed by atoms with Gasteiger partial charge in [0.1, 0.15) is 0 Å². The second-order valence-electron chi connectivity index (χ2n) is 5.27. The van der Waals surface area contributed by atoms with E-state index in [2.05, 4.69) is 16.6 Å². The molecule has 4 nitrogen and oxygen atoms in total. The predicted molar refractivity (Wildman–Crippen MR) is 79.4 cm³/mol. The van der Waals surface area contributed by atoms with Gasteiger partial charge < -0.3 is 5.73 Å². The van der Waals surface area contributed by atoms with Crippen molar-refractivity contribution in [1.29, 1.82) is 0 Å². The number of benzene rings is 1. The molecular weight excluding hydrogens is 260 g/mol. The van der Waals surface area contributed by atoms with Crippen LogP contribution >= 0.6 is 0 Å². The van der Waals surface area contributed by atoms with Crippen molar-refractivity contribution >= 4 is 15.7 Å². The highest BCUT2D eigenvalue weighted by Crippen LogP contribution is 2.23. The summed E-state index contributed by atoms with van der Waals surface area (Å²) in [6.07, 6.45) is 0. The highest BCUT2D eigenvalue weighted by Gasteiger charge is 2.29. The maximum atomic E-state index is 12.2. The second kappa shape index (κ2) is 5.64. The van der Waals surface area contributed by atoms with Crippen LogP contribution < -0.4 is 10.5 Å². The van der Waals surface area contributed by atoms with Crippen LogP contribution in [0, 0.1) is 18.8 Å². The lowest BCUT2D eigenvalue weighted by Crippen LogP contribution is -2.33. The molecule has 0 radical (unpaired) electrons. The molecule has 0 amide bonds. The fourth-order valence-electron chi connectivity index (χ4n) is 1.30. The van der Waals surface area contributed by atoms with Crippen LogP contribution in [0.2, 0.25) is 0 Å². The van der Waals surface area contributed by atoms with Crippen LogP contribution in [0.15, 0.2) is 18.2 Å². The van der Waals surface area contributed by atoms with Gasteiger partial charge in [-0.2, -0.15) is 0 Å². The Morgan fingerprint density at radius 2 is 1.95 bits per heavy atom. The lowest BCUT2D eigenvalue weighted by Gasteiger charge is -2.21. The normalized spacial score (nSPS) is 11.6. The van der Waals surface area contributed by atoms with Crippen LogP contribution in [-0.4, -0.2) is 19.7 Å². The van der Waals surface area contributed by atoms with E-state index in [4.69, 9.17) is 5.73 Å². The zero-order valence-corrected chi connectivity index (χ0v) is 12.6. The highest BCUT2D eigenvalue weighted by atomic mass is 32.2. The SMILES string of the molecule is Cc1ccc(C#CCN)c(NS(=O)(=O)C(C)(C)C)c1. The van der Waals surface area contributed by atoms with E-state index in [0.29, 0.717) is 11.3 Å². The molecule has 3 N–H and O–H groups in total. The Balaban J connectivity index is 3.24. The van der Waals surface area contributed by atoms with Gasteiger partial charge in [0.2, 0.25) is 10.0 Å². The first-order valence-electron chi connectivity index (χ1n) is 5.99. The molecule has 0 bridgehead atoms. The number of aryl methyl sites for hydroxylation is 1. The average molecular weight is 280 g/mol. The first-order chi connectivity index (χ1) is 8.67. The monoisotopic (exact) mass is 280 g/mol. The lowest BCUT2D eigenvalue weighted by atomic mass is 10.1. The molecule has 0 fully saturated rings. The molecule has 0 aliphatic rings. The van der Waals surface area contributed by atoms with Crippen molar-refractivity contribution in [2.24, 2.45) is 5.73 Å². The van der Waals surface area contributed by atoms with Crippen LogP contribution in [0.1, 0.15) is 31.9 Å². The number of rotatable bonds is 2. The van der Waals surface area contributed by atoms with Gasteiger partial charge in [-0.25, -0.2) is 8.42 Å². The highest BCUT2D eigenvalue weighted by molar-refractivity contribution is 7.94. The fraction of sp³-hybridized carbons (Fsp3) is 0.429. The van der Waals surface area contributed by atoms with E-state index in [-0.39, 0.29) is 6.54 Å². The summed E-state index contributed by atoms with van der Waals surface area (Å²) in [5.41, 5.74) is 7.43. The molecule has 104 valence electrons. The van der Waals surface area contributed by atoms with Gasteiger partial charge in [-0.3, -0.25) is 4.72 Å². The molecule has 0 spiro atoms. The molecule has 1 rings (SSSR count). The number of sulfonamides is 1. The zero-order valence-electron chi connectivity index (χ0n) is 11.7. The van der Waals surface area contributed by atoms with Crippen LogP contribution in [0.3, 0.4) is 0 Å². The summed E-state index contributed by atoms with van der Waals surface area (Å²) >= 11 is 0. The van der Waals surface area contributed by atoms with Crippen molar-refractivity contribution in [3.8, 4) is 11.8 Å². The Morgan fingerprint density at radius 3 is 2.47 bits per heavy atom. The van der Waals surface area contributed by atoms with Crippen molar-refractivity contribution in [3.63, 3.8) is 0 Å². The molecule has 0 saturated heterocycles. The minimum atomic E-state index is -3.46. The molecule has 0 aromatic heterocycles. The number of hydrogen-bond acceptors (Lipinski definition) is 3. The van der Waals surface area contributed by atoms with Crippen molar-refractivity contribution in [2.75, 3.05) is 11.3 Å². The molecule has 5 heteroatoms. The van der Waals surface area contributed by atoms with Gasteiger partial charge in [0.25, 0.3) is 0 Å². The minimum absolute atomic E-state index is 0.235. The van der Waals surface area contributed by atoms with E-state index in [9.17, 15) is 8.42 Å². The Labute approximate surface area is 115 Å². The quantitative estimate of drug-likeness (QED) is 0.812. The molecule has 1 aromatic carbocycles. The third-order valence-corrected chi connectivity index (χ3v) is 4.65. The summed E-state index contributed by atoms with van der Waals surface area (Å²) < 4.78 is 26.1. The van der Waals surface area contributed by atoms with E-state index in [1.807, 2.05) is 13.0 Å². The number of nitrogens with one attached hydrogen (secondary N) is 1. The van der Waals surface area contributed by atoms with E-state index in [0.717, 1.165) is 5.56 Å². The van der Waals surface area contributed by atoms with Crippen LogP contribution in [0.4, 0.5) is 5.69 Å². The molecule has 19 heavy (non-hydrogen) atoms. The molecule has 0 atom stereocenters. The van der Waals surface area contributed by atoms with Gasteiger partial charge in [0.05, 0.1) is 17.0 Å². The molecule has 0 unspecified atom stereocenters. The summed E-state index contributed by atoms with van der Waals surface area (Å²) in [4.78, 5) is 0. The zero-order chi connectivity index (χ0) is 14.7. The summed E-state index contributed by atoms with van der Waals surface area (Å²) in [6, 6.07) is 5.44. The summed E-state index contributed by atoms with van der Waals surface area (Å²) in [6.45, 7) is 7.08. The first-order valence-corrected chi connectivity index (χ1v) is 7.47. The Morgan fingerprint density at radius 1 is 1.32 bits per heavy atom. The third-order valence-electron chi connectivity index (χ3n) is 2.55. The van der Waals surface area contributed by atoms with Crippen LogP contribution in [-0.2, 0) is 10.0 Å². The van der Waals surface area contributed by atoms with Gasteiger partial charge in [-0.1, -0.05) is 17.9 Å². The van der Waals surface area contributed by atoms with Crippen LogP contribution in [0.25, 0.3) is 0 Å². The average Bonchev–Trinajstić information content (AvgIpc) is 2.26. The van der Waals surface area contributed by atoms with Crippen molar-refractivity contribution < 1.29 is 8.42 Å². The predicted octanol–water partition coefficient (Wildman–Crippen LogP) is 1.85. The summed E-state index contributed by atoms with van der Waals surface area (Å²) in [5.74, 6) is 5.60. The van der Waals surface area contributed by atoms with Gasteiger partial charge in [-0.15, -0.1) is 0 Å². The van der Waals surface area contributed by atoms with Gasteiger partial charge in [0.15, 0.2) is 0 Å². The minimum Gasteiger partial charge on any atom is -0.320 e. The van der Waals surface area contributed by atoms with E-state index in [1.165, 1.54) is 0 Å². The Hall–Kier alpha value is -1.51. The maximum absolute atomic E-state index is 12.2. The van der Waals surface area contributed by atoms with Crippen molar-refractivity contribution in [1.82, 2.24) is 0 Å². The molecule has 0 saturated carbocycles. The van der Waals surface area contributed by atoms with Gasteiger partial charge >= 0.3 is 0 Å². The topological polar surface area (TPSA) is 72.2 Å². The standard InChI is InChI=1S/C14H20N2O2S/c1-11-7-8-12(6-5-9-15)13(10-11)16-19(17,18)14(2,3)4/h7-8,10,16H,9,15H2,1-4H3. The van der Waals surface area contributed by atoms with Crippen molar-refractivity contribution in [2.45, 2.75) is 32.4 Å². The van der Waals surface area contributed by atoms with E-state index >= 15 is 0 Å².